The lowest BCUT2D eigenvalue weighted by atomic mass is 10.1. The molecule has 0 aliphatic heterocycles. The van der Waals surface area contributed by atoms with E-state index in [1.165, 1.54) is 0 Å². The van der Waals surface area contributed by atoms with E-state index < -0.39 is 0 Å². The van der Waals surface area contributed by atoms with Crippen LogP contribution in [-0.2, 0) is 6.42 Å². The van der Waals surface area contributed by atoms with Gasteiger partial charge < -0.3 is 4.74 Å². The van der Waals surface area contributed by atoms with Crippen LogP contribution in [0.3, 0.4) is 0 Å². The van der Waals surface area contributed by atoms with Gasteiger partial charge in [0.2, 0.25) is 0 Å². The summed E-state index contributed by atoms with van der Waals surface area (Å²) in [4.78, 5) is 0. The minimum Gasteiger partial charge on any atom is -0.494 e. The van der Waals surface area contributed by atoms with Crippen molar-refractivity contribution >= 4 is 23.2 Å². The van der Waals surface area contributed by atoms with Crippen LogP contribution in [0.5, 0.6) is 5.75 Å². The van der Waals surface area contributed by atoms with E-state index in [1.807, 2.05) is 25.1 Å². The largest absolute Gasteiger partial charge is 0.494 e. The van der Waals surface area contributed by atoms with Crippen LogP contribution >= 0.6 is 23.2 Å². The van der Waals surface area contributed by atoms with Crippen molar-refractivity contribution in [2.24, 2.45) is 0 Å². The predicted molar refractivity (Wildman–Crippen MR) is 61.7 cm³/mol. The Morgan fingerprint density at radius 3 is 2.79 bits per heavy atom. The molecule has 1 rings (SSSR count). The summed E-state index contributed by atoms with van der Waals surface area (Å²) in [5, 5.41) is 0.790. The standard InChI is InChI=1S/C11H14Cl2O/c1-2-14-10-5-6-11(13)9(8-10)4-3-7-12/h5-6,8H,2-4,7H2,1H3. The number of benzene rings is 1. The number of halogens is 2. The van der Waals surface area contributed by atoms with Gasteiger partial charge in [-0.1, -0.05) is 11.6 Å². The molecule has 1 nitrogen and oxygen atoms in total. The van der Waals surface area contributed by atoms with E-state index >= 15 is 0 Å². The van der Waals surface area contributed by atoms with Crippen LogP contribution in [0, 0.1) is 0 Å². The molecule has 1 aromatic rings. The van der Waals surface area contributed by atoms with E-state index in [4.69, 9.17) is 27.9 Å². The second kappa shape index (κ2) is 6.15. The lowest BCUT2D eigenvalue weighted by molar-refractivity contribution is 0.340. The Labute approximate surface area is 95.0 Å². The maximum atomic E-state index is 6.03. The summed E-state index contributed by atoms with van der Waals surface area (Å²) < 4.78 is 5.39. The molecule has 0 heterocycles. The number of aryl methyl sites for hydroxylation is 1. The first kappa shape index (κ1) is 11.7. The molecule has 1 aromatic carbocycles. The number of hydrogen-bond donors (Lipinski definition) is 0. The maximum absolute atomic E-state index is 6.03. The van der Waals surface area contributed by atoms with Crippen LogP contribution in [-0.4, -0.2) is 12.5 Å². The van der Waals surface area contributed by atoms with Crippen molar-refractivity contribution in [1.82, 2.24) is 0 Å². The van der Waals surface area contributed by atoms with Crippen LogP contribution in [0.1, 0.15) is 18.9 Å². The van der Waals surface area contributed by atoms with Crippen molar-refractivity contribution < 1.29 is 4.74 Å². The van der Waals surface area contributed by atoms with Gasteiger partial charge in [0.15, 0.2) is 0 Å². The molecule has 0 fully saturated rings. The van der Waals surface area contributed by atoms with Crippen LogP contribution in [0.2, 0.25) is 5.02 Å². The highest BCUT2D eigenvalue weighted by Crippen LogP contribution is 2.23. The molecule has 0 aromatic heterocycles. The minimum atomic E-state index is 0.662. The second-order valence-electron chi connectivity index (χ2n) is 2.98. The van der Waals surface area contributed by atoms with Crippen LogP contribution in [0.25, 0.3) is 0 Å². The van der Waals surface area contributed by atoms with Crippen molar-refractivity contribution in [2.45, 2.75) is 19.8 Å². The monoisotopic (exact) mass is 232 g/mol. The van der Waals surface area contributed by atoms with Crippen molar-refractivity contribution in [3.63, 3.8) is 0 Å². The summed E-state index contributed by atoms with van der Waals surface area (Å²) >= 11 is 11.7. The molecule has 0 aliphatic carbocycles. The van der Waals surface area contributed by atoms with Crippen molar-refractivity contribution in [2.75, 3.05) is 12.5 Å². The zero-order chi connectivity index (χ0) is 10.4. The zero-order valence-electron chi connectivity index (χ0n) is 8.22. The van der Waals surface area contributed by atoms with Gasteiger partial charge in [0.05, 0.1) is 6.61 Å². The van der Waals surface area contributed by atoms with Crippen LogP contribution in [0.15, 0.2) is 18.2 Å². The Morgan fingerprint density at radius 2 is 2.14 bits per heavy atom. The first-order chi connectivity index (χ1) is 6.77. The van der Waals surface area contributed by atoms with Gasteiger partial charge in [-0.3, -0.25) is 0 Å². The normalized spacial score (nSPS) is 10.2. The second-order valence-corrected chi connectivity index (χ2v) is 3.76. The summed E-state index contributed by atoms with van der Waals surface area (Å²) in [5.74, 6) is 1.54. The third-order valence-corrected chi connectivity index (χ3v) is 2.54. The van der Waals surface area contributed by atoms with Gasteiger partial charge >= 0.3 is 0 Å². The Hall–Kier alpha value is -0.400. The molecule has 0 aliphatic rings. The molecule has 0 radical (unpaired) electrons. The molecule has 0 atom stereocenters. The lowest BCUT2D eigenvalue weighted by Gasteiger charge is -2.07. The molecule has 3 heteroatoms. The van der Waals surface area contributed by atoms with Gasteiger partial charge in [0, 0.05) is 10.9 Å². The summed E-state index contributed by atoms with van der Waals surface area (Å²) in [7, 11) is 0. The maximum Gasteiger partial charge on any atom is 0.119 e. The van der Waals surface area contributed by atoms with E-state index in [1.54, 1.807) is 0 Å². The lowest BCUT2D eigenvalue weighted by Crippen LogP contribution is -1.94. The van der Waals surface area contributed by atoms with E-state index in [0.717, 1.165) is 29.2 Å². The Morgan fingerprint density at radius 1 is 1.36 bits per heavy atom. The summed E-state index contributed by atoms with van der Waals surface area (Å²) in [6.07, 6.45) is 1.85. The fraction of sp³-hybridized carbons (Fsp3) is 0.455. The quantitative estimate of drug-likeness (QED) is 0.700. The molecule has 0 saturated carbocycles. The SMILES string of the molecule is CCOc1ccc(Cl)c(CCCCl)c1. The number of alkyl halides is 1. The number of ether oxygens (including phenoxy) is 1. The average molecular weight is 233 g/mol. The molecule has 0 spiro atoms. The molecule has 0 saturated heterocycles. The van der Waals surface area contributed by atoms with Crippen molar-refractivity contribution in [3.05, 3.63) is 28.8 Å². The average Bonchev–Trinajstić information content (AvgIpc) is 2.19. The van der Waals surface area contributed by atoms with Gasteiger partial charge in [-0.2, -0.15) is 0 Å². The molecule has 14 heavy (non-hydrogen) atoms. The van der Waals surface area contributed by atoms with Gasteiger partial charge in [-0.25, -0.2) is 0 Å². The highest BCUT2D eigenvalue weighted by Gasteiger charge is 2.02. The van der Waals surface area contributed by atoms with E-state index in [9.17, 15) is 0 Å². The summed E-state index contributed by atoms with van der Waals surface area (Å²) in [6.45, 7) is 2.64. The van der Waals surface area contributed by atoms with Crippen LogP contribution < -0.4 is 4.74 Å². The molecule has 0 amide bonds. The Kier molecular flexibility index (Phi) is 5.13. The topological polar surface area (TPSA) is 9.23 Å². The van der Waals surface area contributed by atoms with Crippen LogP contribution in [0.4, 0.5) is 0 Å². The van der Waals surface area contributed by atoms with E-state index in [-0.39, 0.29) is 0 Å². The Bertz CT molecular complexity index is 287. The Balaban J connectivity index is 2.74. The van der Waals surface area contributed by atoms with Gasteiger partial charge in [0.1, 0.15) is 5.75 Å². The third-order valence-electron chi connectivity index (χ3n) is 1.91. The van der Waals surface area contributed by atoms with E-state index in [2.05, 4.69) is 0 Å². The molecular formula is C11H14Cl2O. The number of rotatable bonds is 5. The summed E-state index contributed by atoms with van der Waals surface area (Å²) in [5.41, 5.74) is 1.11. The van der Waals surface area contributed by atoms with E-state index in [0.29, 0.717) is 12.5 Å². The smallest absolute Gasteiger partial charge is 0.119 e. The minimum absolute atomic E-state index is 0.662. The first-order valence-corrected chi connectivity index (χ1v) is 5.66. The predicted octanol–water partition coefficient (Wildman–Crippen LogP) is 3.91. The van der Waals surface area contributed by atoms with Gasteiger partial charge in [0.25, 0.3) is 0 Å². The van der Waals surface area contributed by atoms with Gasteiger partial charge in [-0.05, 0) is 43.5 Å². The molecular weight excluding hydrogens is 219 g/mol. The molecule has 0 bridgehead atoms. The highest BCUT2D eigenvalue weighted by molar-refractivity contribution is 6.31. The van der Waals surface area contributed by atoms with Crippen molar-refractivity contribution in [3.8, 4) is 5.75 Å². The molecule has 78 valence electrons. The third kappa shape index (κ3) is 3.39. The first-order valence-electron chi connectivity index (χ1n) is 4.75. The number of hydrogen-bond acceptors (Lipinski definition) is 1. The fourth-order valence-electron chi connectivity index (χ4n) is 1.26. The van der Waals surface area contributed by atoms with Crippen molar-refractivity contribution in [1.29, 1.82) is 0 Å². The molecule has 0 unspecified atom stereocenters. The highest BCUT2D eigenvalue weighted by atomic mass is 35.5. The fourth-order valence-corrected chi connectivity index (χ4v) is 1.60. The molecule has 0 N–H and O–H groups in total. The zero-order valence-corrected chi connectivity index (χ0v) is 9.74. The summed E-state index contributed by atoms with van der Waals surface area (Å²) in [6, 6.07) is 5.74. The van der Waals surface area contributed by atoms with Gasteiger partial charge in [-0.15, -0.1) is 11.6 Å².